The molecule has 0 radical (unpaired) electrons. The number of ether oxygens (including phenoxy) is 1. The second kappa shape index (κ2) is 7.10. The van der Waals surface area contributed by atoms with Crippen molar-refractivity contribution < 1.29 is 14.3 Å². The fourth-order valence-corrected chi connectivity index (χ4v) is 4.59. The molecule has 27 heavy (non-hydrogen) atoms. The second-order valence-electron chi connectivity index (χ2n) is 7.31. The number of halogens is 1. The van der Waals surface area contributed by atoms with Crippen molar-refractivity contribution in [3.8, 4) is 0 Å². The first-order valence-corrected chi connectivity index (χ1v) is 9.68. The number of amides is 1. The van der Waals surface area contributed by atoms with Gasteiger partial charge in [0.05, 0.1) is 13.2 Å². The number of hydrogen-bond donors (Lipinski definition) is 0. The van der Waals surface area contributed by atoms with Crippen LogP contribution in [0.4, 0.5) is 0 Å². The van der Waals surface area contributed by atoms with E-state index in [4.69, 9.17) is 16.3 Å². The molecule has 0 saturated heterocycles. The summed E-state index contributed by atoms with van der Waals surface area (Å²) in [5.41, 5.74) is 2.44. The van der Waals surface area contributed by atoms with E-state index in [2.05, 4.69) is 0 Å². The highest BCUT2D eigenvalue weighted by atomic mass is 35.5. The first-order chi connectivity index (χ1) is 13.0. The van der Waals surface area contributed by atoms with E-state index in [9.17, 15) is 9.59 Å². The van der Waals surface area contributed by atoms with E-state index in [1.165, 1.54) is 0 Å². The summed E-state index contributed by atoms with van der Waals surface area (Å²) in [5, 5.41) is 0.523. The minimum atomic E-state index is -1.01. The standard InChI is InChI=1S/C22H22ClNO3/c1-24(21(26)15-9-10-16-13-27-14-17(16)12-15)22(11-5-4-8-20(22)25)18-6-2-3-7-19(18)23/h2-3,6-7,9-10,12H,4-5,8,11,13-14H2,1H3/t22-/m1/s1. The number of likely N-dealkylation sites (N-methyl/N-ethyl adjacent to an activating group) is 1. The van der Waals surface area contributed by atoms with Crippen molar-refractivity contribution in [3.05, 3.63) is 69.7 Å². The van der Waals surface area contributed by atoms with Gasteiger partial charge in [0.2, 0.25) is 0 Å². The van der Waals surface area contributed by atoms with Crippen molar-refractivity contribution in [2.75, 3.05) is 7.05 Å². The van der Waals surface area contributed by atoms with Gasteiger partial charge in [0.1, 0.15) is 5.54 Å². The summed E-state index contributed by atoms with van der Waals surface area (Å²) < 4.78 is 5.45. The zero-order valence-corrected chi connectivity index (χ0v) is 16.1. The van der Waals surface area contributed by atoms with Crippen LogP contribution in [0, 0.1) is 0 Å². The average Bonchev–Trinajstić information content (AvgIpc) is 3.16. The van der Waals surface area contributed by atoms with E-state index in [0.29, 0.717) is 36.6 Å². The SMILES string of the molecule is CN(C(=O)c1ccc2c(c1)COC2)[C@@]1(c2ccccc2Cl)CCCCC1=O. The van der Waals surface area contributed by atoms with E-state index >= 15 is 0 Å². The number of carbonyl (C=O) groups excluding carboxylic acids is 2. The largest absolute Gasteiger partial charge is 0.372 e. The molecule has 4 rings (SSSR count). The van der Waals surface area contributed by atoms with Crippen LogP contribution < -0.4 is 0 Å². The molecular formula is C22H22ClNO3. The number of hydrogen-bond acceptors (Lipinski definition) is 3. The summed E-state index contributed by atoms with van der Waals surface area (Å²) in [7, 11) is 1.72. The molecule has 1 saturated carbocycles. The third-order valence-corrected chi connectivity index (χ3v) is 6.15. The van der Waals surface area contributed by atoms with Crippen LogP contribution in [0.1, 0.15) is 52.7 Å². The maximum Gasteiger partial charge on any atom is 0.254 e. The predicted octanol–water partition coefficient (Wildman–Crippen LogP) is 4.48. The molecule has 1 fully saturated rings. The molecule has 1 atom stereocenters. The summed E-state index contributed by atoms with van der Waals surface area (Å²) in [4.78, 5) is 28.1. The summed E-state index contributed by atoms with van der Waals surface area (Å²) in [6.45, 7) is 1.11. The maximum atomic E-state index is 13.4. The lowest BCUT2D eigenvalue weighted by molar-refractivity contribution is -0.132. The van der Waals surface area contributed by atoms with Crippen molar-refractivity contribution >= 4 is 23.3 Å². The van der Waals surface area contributed by atoms with Crippen LogP contribution in [-0.2, 0) is 28.3 Å². The highest BCUT2D eigenvalue weighted by Crippen LogP contribution is 2.42. The first-order valence-electron chi connectivity index (χ1n) is 9.30. The number of carbonyl (C=O) groups is 2. The molecule has 1 aliphatic carbocycles. The van der Waals surface area contributed by atoms with Gasteiger partial charge in [0, 0.05) is 29.6 Å². The van der Waals surface area contributed by atoms with Gasteiger partial charge in [-0.05, 0) is 48.6 Å². The number of benzene rings is 2. The van der Waals surface area contributed by atoms with Crippen molar-refractivity contribution in [2.24, 2.45) is 0 Å². The van der Waals surface area contributed by atoms with Crippen LogP contribution in [0.2, 0.25) is 5.02 Å². The lowest BCUT2D eigenvalue weighted by Crippen LogP contribution is -2.54. The molecule has 0 spiro atoms. The van der Waals surface area contributed by atoms with Gasteiger partial charge in [-0.15, -0.1) is 0 Å². The summed E-state index contributed by atoms with van der Waals surface area (Å²) in [6.07, 6.45) is 2.78. The van der Waals surface area contributed by atoms with Crippen molar-refractivity contribution in [1.82, 2.24) is 4.90 Å². The summed E-state index contributed by atoms with van der Waals surface area (Å²) >= 11 is 6.48. The molecule has 140 valence electrons. The Balaban J connectivity index is 1.77. The van der Waals surface area contributed by atoms with Crippen LogP contribution in [-0.4, -0.2) is 23.6 Å². The van der Waals surface area contributed by atoms with Crippen LogP contribution in [0.25, 0.3) is 0 Å². The minimum absolute atomic E-state index is 0.0576. The fraction of sp³-hybridized carbons (Fsp3) is 0.364. The van der Waals surface area contributed by atoms with Gasteiger partial charge in [0.25, 0.3) is 5.91 Å². The zero-order valence-electron chi connectivity index (χ0n) is 15.3. The molecule has 1 aliphatic heterocycles. The Hall–Kier alpha value is -2.17. The van der Waals surface area contributed by atoms with Gasteiger partial charge in [-0.2, -0.15) is 0 Å². The molecule has 0 N–H and O–H groups in total. The highest BCUT2D eigenvalue weighted by Gasteiger charge is 2.48. The van der Waals surface area contributed by atoms with Gasteiger partial charge in [-0.3, -0.25) is 9.59 Å². The maximum absolute atomic E-state index is 13.4. The quantitative estimate of drug-likeness (QED) is 0.785. The average molecular weight is 384 g/mol. The molecule has 5 heteroatoms. The number of nitrogens with zero attached hydrogens (tertiary/aromatic N) is 1. The van der Waals surface area contributed by atoms with Crippen LogP contribution >= 0.6 is 11.6 Å². The highest BCUT2D eigenvalue weighted by molar-refractivity contribution is 6.31. The van der Waals surface area contributed by atoms with Crippen LogP contribution in [0.15, 0.2) is 42.5 Å². The number of rotatable bonds is 3. The zero-order chi connectivity index (χ0) is 19.0. The van der Waals surface area contributed by atoms with Crippen molar-refractivity contribution in [2.45, 2.75) is 44.4 Å². The van der Waals surface area contributed by atoms with E-state index in [0.717, 1.165) is 29.5 Å². The van der Waals surface area contributed by atoms with Gasteiger partial charge in [0.15, 0.2) is 5.78 Å². The monoisotopic (exact) mass is 383 g/mol. The van der Waals surface area contributed by atoms with E-state index < -0.39 is 5.54 Å². The first kappa shape index (κ1) is 18.2. The summed E-state index contributed by atoms with van der Waals surface area (Å²) in [6, 6.07) is 13.0. The van der Waals surface area contributed by atoms with Crippen molar-refractivity contribution in [1.29, 1.82) is 0 Å². The molecule has 0 aromatic heterocycles. The Kier molecular flexibility index (Phi) is 4.79. The molecule has 1 heterocycles. The Morgan fingerprint density at radius 3 is 2.67 bits per heavy atom. The Labute approximate surface area is 164 Å². The lowest BCUT2D eigenvalue weighted by atomic mass is 9.74. The number of ketones is 1. The lowest BCUT2D eigenvalue weighted by Gasteiger charge is -2.44. The topological polar surface area (TPSA) is 46.6 Å². The molecule has 4 nitrogen and oxygen atoms in total. The van der Waals surface area contributed by atoms with E-state index in [-0.39, 0.29) is 11.7 Å². The fourth-order valence-electron chi connectivity index (χ4n) is 4.30. The van der Waals surface area contributed by atoms with Crippen LogP contribution in [0.3, 0.4) is 0 Å². The molecule has 2 aromatic rings. The minimum Gasteiger partial charge on any atom is -0.372 e. The molecule has 2 aliphatic rings. The van der Waals surface area contributed by atoms with Gasteiger partial charge >= 0.3 is 0 Å². The summed E-state index contributed by atoms with van der Waals surface area (Å²) in [5.74, 6) is -0.109. The third kappa shape index (κ3) is 2.97. The van der Waals surface area contributed by atoms with Gasteiger partial charge in [-0.25, -0.2) is 0 Å². The van der Waals surface area contributed by atoms with Crippen molar-refractivity contribution in [3.63, 3.8) is 0 Å². The van der Waals surface area contributed by atoms with Crippen LogP contribution in [0.5, 0.6) is 0 Å². The van der Waals surface area contributed by atoms with Gasteiger partial charge in [-0.1, -0.05) is 35.9 Å². The molecule has 0 unspecified atom stereocenters. The van der Waals surface area contributed by atoms with Gasteiger partial charge < -0.3 is 9.64 Å². The predicted molar refractivity (Wildman–Crippen MR) is 104 cm³/mol. The normalized spacial score (nSPS) is 21.8. The Morgan fingerprint density at radius 2 is 1.89 bits per heavy atom. The third-order valence-electron chi connectivity index (χ3n) is 5.82. The molecule has 0 bridgehead atoms. The molecule has 2 aromatic carbocycles. The van der Waals surface area contributed by atoms with E-state index in [1.807, 2.05) is 36.4 Å². The smallest absolute Gasteiger partial charge is 0.254 e. The second-order valence-corrected chi connectivity index (χ2v) is 7.72. The Bertz CT molecular complexity index is 910. The number of fused-ring (bicyclic) bond motifs is 1. The number of Topliss-reactive ketones (excluding diaryl/α,β-unsaturated/α-hetero) is 1. The Morgan fingerprint density at radius 1 is 1.11 bits per heavy atom. The molecule has 1 amide bonds. The van der Waals surface area contributed by atoms with E-state index in [1.54, 1.807) is 18.0 Å². The molecular weight excluding hydrogens is 362 g/mol.